The van der Waals surface area contributed by atoms with Crippen LogP contribution in [0.1, 0.15) is 28.5 Å². The molecule has 104 valence electrons. The second kappa shape index (κ2) is 5.18. The summed E-state index contributed by atoms with van der Waals surface area (Å²) in [5.74, 6) is -1.22. The molecule has 1 aliphatic rings. The van der Waals surface area contributed by atoms with Crippen LogP contribution < -0.4 is 5.32 Å². The summed E-state index contributed by atoms with van der Waals surface area (Å²) < 4.78 is 1.04. The second-order valence-corrected chi connectivity index (χ2v) is 6.84. The number of rotatable bonds is 3. The molecule has 0 aliphatic heterocycles. The molecule has 0 amide bonds. The van der Waals surface area contributed by atoms with Crippen molar-refractivity contribution in [3.8, 4) is 0 Å². The maximum Gasteiger partial charge on any atom is 0.312 e. The van der Waals surface area contributed by atoms with Crippen LogP contribution in [0.4, 0.5) is 10.8 Å². The summed E-state index contributed by atoms with van der Waals surface area (Å²) in [4.78, 5) is 16.7. The second-order valence-electron chi connectivity index (χ2n) is 4.84. The lowest BCUT2D eigenvalue weighted by atomic mass is 10.1. The highest BCUT2D eigenvalue weighted by molar-refractivity contribution is 9.10. The van der Waals surface area contributed by atoms with Gasteiger partial charge in [-0.25, -0.2) is 4.98 Å². The van der Waals surface area contributed by atoms with Gasteiger partial charge < -0.3 is 10.4 Å². The highest BCUT2D eigenvalue weighted by atomic mass is 79.9. The van der Waals surface area contributed by atoms with E-state index >= 15 is 0 Å². The number of thiazole rings is 1. The van der Waals surface area contributed by atoms with Crippen molar-refractivity contribution in [3.05, 3.63) is 38.8 Å². The van der Waals surface area contributed by atoms with Crippen LogP contribution in [0.2, 0.25) is 0 Å². The third-order valence-corrected chi connectivity index (χ3v) is 4.99. The average molecular weight is 353 g/mol. The van der Waals surface area contributed by atoms with Gasteiger partial charge in [0, 0.05) is 15.0 Å². The summed E-state index contributed by atoms with van der Waals surface area (Å²) in [6.07, 6.45) is 1.48. The number of aryl methyl sites for hydroxylation is 2. The maximum atomic E-state index is 11.2. The van der Waals surface area contributed by atoms with Gasteiger partial charge in [-0.15, -0.1) is 11.3 Å². The van der Waals surface area contributed by atoms with E-state index in [1.165, 1.54) is 0 Å². The number of nitrogens with zero attached hydrogens (tertiary/aromatic N) is 1. The molecule has 1 aromatic heterocycles. The molecular weight excluding hydrogens is 340 g/mol. The van der Waals surface area contributed by atoms with E-state index in [0.29, 0.717) is 6.42 Å². The SMILES string of the molecule is Cc1cc(Br)ccc1Nc1nc2c(s1)CCC2C(=O)O. The van der Waals surface area contributed by atoms with Crippen molar-refractivity contribution in [2.45, 2.75) is 25.7 Å². The first kappa shape index (κ1) is 13.6. The molecule has 0 saturated carbocycles. The monoisotopic (exact) mass is 352 g/mol. The number of hydrogen-bond donors (Lipinski definition) is 2. The van der Waals surface area contributed by atoms with Gasteiger partial charge in [-0.3, -0.25) is 4.79 Å². The highest BCUT2D eigenvalue weighted by Gasteiger charge is 2.32. The quantitative estimate of drug-likeness (QED) is 0.873. The van der Waals surface area contributed by atoms with Crippen LogP contribution in [-0.2, 0) is 11.2 Å². The lowest BCUT2D eigenvalue weighted by Gasteiger charge is -2.07. The van der Waals surface area contributed by atoms with Crippen LogP contribution in [0.3, 0.4) is 0 Å². The van der Waals surface area contributed by atoms with Gasteiger partial charge in [-0.05, 0) is 43.5 Å². The Morgan fingerprint density at radius 2 is 2.35 bits per heavy atom. The Kier molecular flexibility index (Phi) is 3.52. The van der Waals surface area contributed by atoms with Gasteiger partial charge >= 0.3 is 5.97 Å². The Balaban J connectivity index is 1.86. The molecule has 0 radical (unpaired) electrons. The van der Waals surface area contributed by atoms with E-state index in [1.54, 1.807) is 11.3 Å². The molecule has 1 unspecified atom stereocenters. The number of carbonyl (C=O) groups is 1. The molecule has 3 rings (SSSR count). The summed E-state index contributed by atoms with van der Waals surface area (Å²) in [6.45, 7) is 2.02. The van der Waals surface area contributed by atoms with Gasteiger partial charge in [0.05, 0.1) is 5.69 Å². The fourth-order valence-corrected chi connectivity index (χ4v) is 3.93. The van der Waals surface area contributed by atoms with Gasteiger partial charge in [0.1, 0.15) is 5.92 Å². The predicted octanol–water partition coefficient (Wildman–Crippen LogP) is 4.07. The number of carboxylic acid groups (broad SMARTS) is 1. The van der Waals surface area contributed by atoms with Crippen LogP contribution in [0.25, 0.3) is 0 Å². The van der Waals surface area contributed by atoms with Crippen LogP contribution in [0, 0.1) is 6.92 Å². The third kappa shape index (κ3) is 2.45. The first-order valence-electron chi connectivity index (χ1n) is 6.30. The summed E-state index contributed by atoms with van der Waals surface area (Å²) in [5, 5.41) is 13.2. The van der Waals surface area contributed by atoms with E-state index in [2.05, 4.69) is 26.2 Å². The molecule has 4 nitrogen and oxygen atoms in total. The number of hydrogen-bond acceptors (Lipinski definition) is 4. The number of aliphatic carboxylic acids is 1. The predicted molar refractivity (Wildman–Crippen MR) is 83.0 cm³/mol. The van der Waals surface area contributed by atoms with E-state index in [-0.39, 0.29) is 0 Å². The molecule has 1 atom stereocenters. The van der Waals surface area contributed by atoms with Crippen LogP contribution in [-0.4, -0.2) is 16.1 Å². The maximum absolute atomic E-state index is 11.2. The standard InChI is InChI=1S/C14H13BrN2O2S/c1-7-6-8(15)2-4-10(7)16-14-17-12-9(13(18)19)3-5-11(12)20-14/h2,4,6,9H,3,5H2,1H3,(H,16,17)(H,18,19). The van der Waals surface area contributed by atoms with Crippen molar-refractivity contribution in [2.24, 2.45) is 0 Å². The van der Waals surface area contributed by atoms with Gasteiger partial charge in [0.2, 0.25) is 0 Å². The number of aromatic nitrogens is 1. The zero-order valence-corrected chi connectivity index (χ0v) is 13.2. The molecule has 2 N–H and O–H groups in total. The van der Waals surface area contributed by atoms with Gasteiger partial charge in [0.25, 0.3) is 0 Å². The first-order valence-corrected chi connectivity index (χ1v) is 7.91. The molecular formula is C14H13BrN2O2S. The fraction of sp³-hybridized carbons (Fsp3) is 0.286. The minimum absolute atomic E-state index is 0.442. The van der Waals surface area contributed by atoms with E-state index in [1.807, 2.05) is 25.1 Å². The first-order chi connectivity index (χ1) is 9.54. The van der Waals surface area contributed by atoms with E-state index in [4.69, 9.17) is 0 Å². The van der Waals surface area contributed by atoms with Gasteiger partial charge in [-0.1, -0.05) is 15.9 Å². The minimum Gasteiger partial charge on any atom is -0.481 e. The summed E-state index contributed by atoms with van der Waals surface area (Å²) in [7, 11) is 0. The van der Waals surface area contributed by atoms with Crippen LogP contribution in [0.15, 0.2) is 22.7 Å². The van der Waals surface area contributed by atoms with Crippen molar-refractivity contribution in [3.63, 3.8) is 0 Å². The highest BCUT2D eigenvalue weighted by Crippen LogP contribution is 2.39. The average Bonchev–Trinajstić information content (AvgIpc) is 2.91. The zero-order valence-electron chi connectivity index (χ0n) is 10.8. The zero-order chi connectivity index (χ0) is 14.3. The number of benzene rings is 1. The lowest BCUT2D eigenvalue weighted by Crippen LogP contribution is -2.08. The summed E-state index contributed by atoms with van der Waals surface area (Å²) in [6, 6.07) is 5.99. The van der Waals surface area contributed by atoms with Crippen molar-refractivity contribution in [2.75, 3.05) is 5.32 Å². The van der Waals surface area contributed by atoms with Crippen molar-refractivity contribution < 1.29 is 9.90 Å². The molecule has 1 aliphatic carbocycles. The minimum atomic E-state index is -0.777. The van der Waals surface area contributed by atoms with Gasteiger partial charge in [0.15, 0.2) is 5.13 Å². The summed E-state index contributed by atoms with van der Waals surface area (Å²) in [5.41, 5.74) is 2.84. The van der Waals surface area contributed by atoms with Crippen LogP contribution >= 0.6 is 27.3 Å². The Morgan fingerprint density at radius 1 is 1.55 bits per heavy atom. The molecule has 2 aromatic rings. The Labute approximate surface area is 129 Å². The largest absolute Gasteiger partial charge is 0.481 e. The number of anilines is 2. The van der Waals surface area contributed by atoms with Crippen molar-refractivity contribution in [1.29, 1.82) is 0 Å². The summed E-state index contributed by atoms with van der Waals surface area (Å²) >= 11 is 4.99. The fourth-order valence-electron chi connectivity index (χ4n) is 2.40. The van der Waals surface area contributed by atoms with Crippen molar-refractivity contribution in [1.82, 2.24) is 4.98 Å². The molecule has 0 spiro atoms. The Bertz CT molecular complexity index is 684. The number of carboxylic acids is 1. The Hall–Kier alpha value is -1.40. The van der Waals surface area contributed by atoms with Gasteiger partial charge in [-0.2, -0.15) is 0 Å². The Morgan fingerprint density at radius 3 is 3.05 bits per heavy atom. The molecule has 0 fully saturated rings. The molecule has 0 saturated heterocycles. The van der Waals surface area contributed by atoms with Crippen LogP contribution in [0.5, 0.6) is 0 Å². The smallest absolute Gasteiger partial charge is 0.312 e. The van der Waals surface area contributed by atoms with E-state index in [9.17, 15) is 9.90 Å². The molecule has 0 bridgehead atoms. The van der Waals surface area contributed by atoms with E-state index < -0.39 is 11.9 Å². The normalized spacial score (nSPS) is 17.0. The topological polar surface area (TPSA) is 62.2 Å². The van der Waals surface area contributed by atoms with Crippen molar-refractivity contribution >= 4 is 44.1 Å². The third-order valence-electron chi connectivity index (χ3n) is 3.45. The lowest BCUT2D eigenvalue weighted by molar-refractivity contribution is -0.138. The van der Waals surface area contributed by atoms with E-state index in [0.717, 1.165) is 37.8 Å². The molecule has 20 heavy (non-hydrogen) atoms. The molecule has 1 aromatic carbocycles. The number of halogens is 1. The molecule has 1 heterocycles. The molecule has 6 heteroatoms. The number of fused-ring (bicyclic) bond motifs is 1. The number of nitrogens with one attached hydrogen (secondary N) is 1.